The first-order valence-corrected chi connectivity index (χ1v) is 6.73. The van der Waals surface area contributed by atoms with Crippen LogP contribution >= 0.6 is 0 Å². The summed E-state index contributed by atoms with van der Waals surface area (Å²) in [7, 11) is 1.26. The first-order chi connectivity index (χ1) is 10.9. The Bertz CT molecular complexity index is 742. The molecule has 0 aliphatic heterocycles. The van der Waals surface area contributed by atoms with Gasteiger partial charge in [-0.3, -0.25) is 0 Å². The van der Waals surface area contributed by atoms with Crippen molar-refractivity contribution in [2.75, 3.05) is 13.7 Å². The predicted molar refractivity (Wildman–Crippen MR) is 77.5 cm³/mol. The number of methoxy groups -OCH3 is 1. The van der Waals surface area contributed by atoms with Gasteiger partial charge in [0.25, 0.3) is 0 Å². The summed E-state index contributed by atoms with van der Waals surface area (Å²) in [6.07, 6.45) is -4.07. The van der Waals surface area contributed by atoms with Gasteiger partial charge < -0.3 is 14.2 Å². The molecule has 2 rings (SSSR count). The second-order valence-corrected chi connectivity index (χ2v) is 4.55. The predicted octanol–water partition coefficient (Wildman–Crippen LogP) is 3.16. The molecular formula is C16H14F2O5. The molecule has 0 unspecified atom stereocenters. The van der Waals surface area contributed by atoms with E-state index in [1.54, 1.807) is 12.1 Å². The van der Waals surface area contributed by atoms with E-state index in [4.69, 9.17) is 0 Å². The Kier molecular flexibility index (Phi) is 4.78. The number of carbonyl (C=O) groups is 2. The molecule has 7 heteroatoms. The first kappa shape index (κ1) is 16.7. The van der Waals surface area contributed by atoms with Gasteiger partial charge >= 0.3 is 18.0 Å². The topological polar surface area (TPSA) is 61.8 Å². The maximum absolute atomic E-state index is 13.5. The summed E-state index contributed by atoms with van der Waals surface area (Å²) >= 11 is 0. The van der Waals surface area contributed by atoms with E-state index in [0.29, 0.717) is 16.3 Å². The molecule has 0 N–H and O–H groups in total. The number of benzene rings is 2. The maximum atomic E-state index is 13.5. The molecule has 0 aliphatic carbocycles. The SMILES string of the molecule is CCOC(=O)C(F)(F)Oc1ccc2cc(C(=O)OC)ccc2c1. The van der Waals surface area contributed by atoms with Crippen molar-refractivity contribution in [3.63, 3.8) is 0 Å². The van der Waals surface area contributed by atoms with Crippen LogP contribution in [0.1, 0.15) is 17.3 Å². The Hall–Kier alpha value is -2.70. The highest BCUT2D eigenvalue weighted by atomic mass is 19.3. The third kappa shape index (κ3) is 3.74. The van der Waals surface area contributed by atoms with Gasteiger partial charge in [-0.05, 0) is 42.0 Å². The minimum atomic E-state index is -4.07. The van der Waals surface area contributed by atoms with Crippen molar-refractivity contribution < 1.29 is 32.6 Å². The summed E-state index contributed by atoms with van der Waals surface area (Å²) in [6.45, 7) is 1.24. The Labute approximate surface area is 130 Å². The van der Waals surface area contributed by atoms with Gasteiger partial charge in [-0.15, -0.1) is 0 Å². The molecule has 0 atom stereocenters. The van der Waals surface area contributed by atoms with E-state index in [9.17, 15) is 18.4 Å². The van der Waals surface area contributed by atoms with Crippen molar-refractivity contribution in [1.29, 1.82) is 0 Å². The van der Waals surface area contributed by atoms with E-state index in [-0.39, 0.29) is 12.4 Å². The van der Waals surface area contributed by atoms with E-state index in [1.807, 2.05) is 0 Å². The summed E-state index contributed by atoms with van der Waals surface area (Å²) in [5.74, 6) is -2.44. The summed E-state index contributed by atoms with van der Waals surface area (Å²) in [6, 6.07) is 8.74. The van der Waals surface area contributed by atoms with Crippen LogP contribution in [0.3, 0.4) is 0 Å². The Morgan fingerprint density at radius 1 is 1.09 bits per heavy atom. The summed E-state index contributed by atoms with van der Waals surface area (Å²) in [5, 5.41) is 1.20. The van der Waals surface area contributed by atoms with Crippen LogP contribution in [0.4, 0.5) is 8.78 Å². The number of hydrogen-bond acceptors (Lipinski definition) is 5. The van der Waals surface area contributed by atoms with Crippen LogP contribution in [-0.4, -0.2) is 31.8 Å². The van der Waals surface area contributed by atoms with Gasteiger partial charge in [-0.25, -0.2) is 9.59 Å². The number of alkyl halides is 2. The molecule has 0 saturated heterocycles. The van der Waals surface area contributed by atoms with E-state index in [1.165, 1.54) is 38.3 Å². The lowest BCUT2D eigenvalue weighted by Crippen LogP contribution is -2.36. The third-order valence-corrected chi connectivity index (χ3v) is 2.99. The molecule has 5 nitrogen and oxygen atoms in total. The Morgan fingerprint density at radius 2 is 1.74 bits per heavy atom. The van der Waals surface area contributed by atoms with Crippen LogP contribution in [0, 0.1) is 0 Å². The van der Waals surface area contributed by atoms with E-state index in [0.717, 1.165) is 0 Å². The van der Waals surface area contributed by atoms with Crippen molar-refractivity contribution in [2.45, 2.75) is 13.0 Å². The minimum absolute atomic E-state index is 0.175. The third-order valence-electron chi connectivity index (χ3n) is 2.99. The number of esters is 2. The lowest BCUT2D eigenvalue weighted by atomic mass is 10.1. The number of halogens is 2. The fourth-order valence-corrected chi connectivity index (χ4v) is 1.94. The fraction of sp³-hybridized carbons (Fsp3) is 0.250. The highest BCUT2D eigenvalue weighted by Crippen LogP contribution is 2.27. The smallest absolute Gasteiger partial charge is 0.465 e. The molecule has 0 amide bonds. The van der Waals surface area contributed by atoms with E-state index >= 15 is 0 Å². The lowest BCUT2D eigenvalue weighted by Gasteiger charge is -2.16. The van der Waals surface area contributed by atoms with Crippen LogP contribution in [0.15, 0.2) is 36.4 Å². The molecule has 0 spiro atoms. The molecule has 2 aromatic rings. The number of fused-ring (bicyclic) bond motifs is 1. The normalized spacial score (nSPS) is 11.1. The molecule has 0 aliphatic rings. The minimum Gasteiger partial charge on any atom is -0.465 e. The van der Waals surface area contributed by atoms with Crippen molar-refractivity contribution in [1.82, 2.24) is 0 Å². The second-order valence-electron chi connectivity index (χ2n) is 4.55. The van der Waals surface area contributed by atoms with Crippen molar-refractivity contribution in [2.24, 2.45) is 0 Å². The van der Waals surface area contributed by atoms with Crippen LogP contribution < -0.4 is 4.74 Å². The largest absolute Gasteiger partial charge is 0.502 e. The van der Waals surface area contributed by atoms with Crippen LogP contribution in [0.25, 0.3) is 10.8 Å². The fourth-order valence-electron chi connectivity index (χ4n) is 1.94. The quantitative estimate of drug-likeness (QED) is 0.791. The van der Waals surface area contributed by atoms with Gasteiger partial charge in [0.05, 0.1) is 19.3 Å². The molecule has 0 bridgehead atoms. The first-order valence-electron chi connectivity index (χ1n) is 6.73. The second kappa shape index (κ2) is 6.60. The Balaban J connectivity index is 2.27. The Morgan fingerprint density at radius 3 is 2.39 bits per heavy atom. The highest BCUT2D eigenvalue weighted by Gasteiger charge is 2.44. The number of hydrogen-bond donors (Lipinski definition) is 0. The van der Waals surface area contributed by atoms with Crippen LogP contribution in [-0.2, 0) is 14.3 Å². The lowest BCUT2D eigenvalue weighted by molar-refractivity contribution is -0.216. The van der Waals surface area contributed by atoms with Crippen molar-refractivity contribution in [3.8, 4) is 5.75 Å². The summed E-state index contributed by atoms with van der Waals surface area (Å²) < 4.78 is 40.4. The molecular weight excluding hydrogens is 310 g/mol. The van der Waals surface area contributed by atoms with Crippen molar-refractivity contribution in [3.05, 3.63) is 42.0 Å². The molecule has 2 aromatic carbocycles. The van der Waals surface area contributed by atoms with Crippen molar-refractivity contribution >= 4 is 22.7 Å². The van der Waals surface area contributed by atoms with Crippen LogP contribution in [0.5, 0.6) is 5.75 Å². The standard InChI is InChI=1S/C16H14F2O5/c1-3-22-15(20)16(17,18)23-13-7-6-10-8-12(14(19)21-2)5-4-11(10)9-13/h4-9H,3H2,1-2H3. The molecule has 0 heterocycles. The van der Waals surface area contributed by atoms with Gasteiger partial charge in [0, 0.05) is 0 Å². The molecule has 23 heavy (non-hydrogen) atoms. The number of carbonyl (C=O) groups excluding carboxylic acids is 2. The molecule has 0 fully saturated rings. The molecule has 0 saturated carbocycles. The zero-order chi connectivity index (χ0) is 17.0. The highest BCUT2D eigenvalue weighted by molar-refractivity contribution is 5.95. The summed E-state index contributed by atoms with van der Waals surface area (Å²) in [4.78, 5) is 22.6. The number of ether oxygens (including phenoxy) is 3. The van der Waals surface area contributed by atoms with E-state index in [2.05, 4.69) is 14.2 Å². The average molecular weight is 324 g/mol. The van der Waals surface area contributed by atoms with Gasteiger partial charge in [0.1, 0.15) is 5.75 Å². The van der Waals surface area contributed by atoms with Crippen LogP contribution in [0.2, 0.25) is 0 Å². The van der Waals surface area contributed by atoms with Gasteiger partial charge in [-0.1, -0.05) is 12.1 Å². The molecule has 0 radical (unpaired) electrons. The molecule has 0 aromatic heterocycles. The number of rotatable bonds is 5. The van der Waals surface area contributed by atoms with Gasteiger partial charge in [0.2, 0.25) is 0 Å². The van der Waals surface area contributed by atoms with E-state index < -0.39 is 18.0 Å². The average Bonchev–Trinajstić information content (AvgIpc) is 2.53. The summed E-state index contributed by atoms with van der Waals surface area (Å²) in [5.41, 5.74) is 0.338. The maximum Gasteiger partial charge on any atom is 0.502 e. The monoisotopic (exact) mass is 324 g/mol. The van der Waals surface area contributed by atoms with Gasteiger partial charge in [0.15, 0.2) is 0 Å². The van der Waals surface area contributed by atoms with Gasteiger partial charge in [-0.2, -0.15) is 8.78 Å². The zero-order valence-electron chi connectivity index (χ0n) is 12.5. The molecule has 122 valence electrons. The zero-order valence-corrected chi connectivity index (χ0v) is 12.5.